The van der Waals surface area contributed by atoms with E-state index >= 15 is 0 Å². The average molecular weight is 219 g/mol. The predicted octanol–water partition coefficient (Wildman–Crippen LogP) is 2.00. The highest BCUT2D eigenvalue weighted by Crippen LogP contribution is 2.31. The molecular formula is C11H9NO4. The molecule has 1 aromatic rings. The minimum absolute atomic E-state index is 0.156. The maximum absolute atomic E-state index is 11.8. The number of carbonyl (C=O) groups is 2. The Bertz CT molecular complexity index is 507. The molecule has 0 amide bonds. The van der Waals surface area contributed by atoms with Gasteiger partial charge in [0.05, 0.1) is 10.8 Å². The number of nitro groups is 1. The van der Waals surface area contributed by atoms with Crippen LogP contribution in [0.4, 0.5) is 5.69 Å². The van der Waals surface area contributed by atoms with E-state index in [0.717, 1.165) is 0 Å². The molecule has 1 aromatic carbocycles. The lowest BCUT2D eigenvalue weighted by Gasteiger charge is -1.99. The summed E-state index contributed by atoms with van der Waals surface area (Å²) >= 11 is 0. The average Bonchev–Trinajstić information content (AvgIpc) is 2.51. The molecule has 1 atom stereocenters. The smallest absolute Gasteiger partial charge is 0.270 e. The minimum atomic E-state index is -0.656. The van der Waals surface area contributed by atoms with E-state index in [1.807, 2.05) is 0 Å². The summed E-state index contributed by atoms with van der Waals surface area (Å²) < 4.78 is 0. The number of hydrogen-bond donors (Lipinski definition) is 0. The van der Waals surface area contributed by atoms with Crippen molar-refractivity contribution in [3.63, 3.8) is 0 Å². The van der Waals surface area contributed by atoms with Crippen LogP contribution in [0.25, 0.3) is 0 Å². The zero-order chi connectivity index (χ0) is 11.9. The summed E-state index contributed by atoms with van der Waals surface area (Å²) in [6.45, 7) is 1.75. The molecule has 0 N–H and O–H groups in total. The monoisotopic (exact) mass is 219 g/mol. The summed E-state index contributed by atoms with van der Waals surface area (Å²) in [6, 6.07) is 3.80. The van der Waals surface area contributed by atoms with Crippen LogP contribution in [-0.2, 0) is 0 Å². The van der Waals surface area contributed by atoms with Gasteiger partial charge in [0.2, 0.25) is 0 Å². The lowest BCUT2D eigenvalue weighted by atomic mass is 10.0. The molecule has 1 aliphatic carbocycles. The van der Waals surface area contributed by atoms with Gasteiger partial charge in [-0.1, -0.05) is 6.92 Å². The number of fused-ring (bicyclic) bond motifs is 1. The molecule has 1 unspecified atom stereocenters. The molecule has 0 saturated heterocycles. The van der Waals surface area contributed by atoms with E-state index < -0.39 is 10.8 Å². The van der Waals surface area contributed by atoms with Crippen molar-refractivity contribution in [3.8, 4) is 0 Å². The second kappa shape index (κ2) is 3.52. The highest BCUT2D eigenvalue weighted by atomic mass is 16.6. The lowest BCUT2D eigenvalue weighted by Crippen LogP contribution is -2.13. The van der Waals surface area contributed by atoms with E-state index in [1.165, 1.54) is 18.2 Å². The zero-order valence-corrected chi connectivity index (χ0v) is 8.60. The van der Waals surface area contributed by atoms with Crippen LogP contribution < -0.4 is 0 Å². The third kappa shape index (κ3) is 1.32. The first-order chi connectivity index (χ1) is 7.56. The third-order valence-electron chi connectivity index (χ3n) is 2.79. The van der Waals surface area contributed by atoms with Crippen molar-refractivity contribution in [2.24, 2.45) is 5.92 Å². The molecule has 0 saturated carbocycles. The first-order valence-corrected chi connectivity index (χ1v) is 4.93. The molecule has 0 bridgehead atoms. The largest absolute Gasteiger partial charge is 0.293 e. The summed E-state index contributed by atoms with van der Waals surface area (Å²) in [6.07, 6.45) is 0.431. The van der Waals surface area contributed by atoms with Crippen LogP contribution in [0.15, 0.2) is 18.2 Å². The zero-order valence-electron chi connectivity index (χ0n) is 8.60. The Labute approximate surface area is 91.2 Å². The Balaban J connectivity index is 2.56. The standard InChI is InChI=1S/C11H9NO4/c1-2-7-10(13)8-4-3-6(12(15)16)5-9(8)11(7)14/h3-5,7H,2H2,1H3. The highest BCUT2D eigenvalue weighted by molar-refractivity contribution is 6.26. The van der Waals surface area contributed by atoms with Gasteiger partial charge < -0.3 is 0 Å². The summed E-state index contributed by atoms with van der Waals surface area (Å²) in [5.41, 5.74) is 0.338. The van der Waals surface area contributed by atoms with Gasteiger partial charge in [-0.05, 0) is 12.5 Å². The van der Waals surface area contributed by atoms with E-state index in [9.17, 15) is 19.7 Å². The molecule has 1 aliphatic rings. The maximum atomic E-state index is 11.8. The van der Waals surface area contributed by atoms with Crippen molar-refractivity contribution in [1.82, 2.24) is 0 Å². The van der Waals surface area contributed by atoms with Gasteiger partial charge in [-0.15, -0.1) is 0 Å². The molecular weight excluding hydrogens is 210 g/mol. The summed E-state index contributed by atoms with van der Waals surface area (Å²) in [4.78, 5) is 33.5. The number of nitro benzene ring substituents is 1. The first-order valence-electron chi connectivity index (χ1n) is 4.93. The topological polar surface area (TPSA) is 77.3 Å². The van der Waals surface area contributed by atoms with Crippen molar-refractivity contribution in [2.75, 3.05) is 0 Å². The van der Waals surface area contributed by atoms with E-state index in [-0.39, 0.29) is 22.8 Å². The number of ketones is 2. The number of carbonyl (C=O) groups excluding carboxylic acids is 2. The third-order valence-corrected chi connectivity index (χ3v) is 2.79. The van der Waals surface area contributed by atoms with E-state index in [2.05, 4.69) is 0 Å². The van der Waals surface area contributed by atoms with Gasteiger partial charge in [0.25, 0.3) is 5.69 Å². The number of rotatable bonds is 2. The lowest BCUT2D eigenvalue weighted by molar-refractivity contribution is -0.384. The molecule has 0 spiro atoms. The van der Waals surface area contributed by atoms with Gasteiger partial charge in [-0.25, -0.2) is 0 Å². The normalized spacial score (nSPS) is 18.7. The Kier molecular flexibility index (Phi) is 2.30. The fourth-order valence-corrected chi connectivity index (χ4v) is 1.93. The van der Waals surface area contributed by atoms with Crippen LogP contribution in [-0.4, -0.2) is 16.5 Å². The van der Waals surface area contributed by atoms with Gasteiger partial charge in [-0.3, -0.25) is 19.7 Å². The Morgan fingerprint density at radius 2 is 1.88 bits per heavy atom. The van der Waals surface area contributed by atoms with Crippen molar-refractivity contribution in [1.29, 1.82) is 0 Å². The second-order valence-electron chi connectivity index (χ2n) is 3.68. The van der Waals surface area contributed by atoms with Gasteiger partial charge in [0, 0.05) is 23.3 Å². The molecule has 5 heteroatoms. The molecule has 16 heavy (non-hydrogen) atoms. The highest BCUT2D eigenvalue weighted by Gasteiger charge is 2.37. The SMILES string of the molecule is CCC1C(=O)c2ccc([N+](=O)[O-])cc2C1=O. The van der Waals surface area contributed by atoms with E-state index in [1.54, 1.807) is 6.92 Å². The number of hydrogen-bond acceptors (Lipinski definition) is 4. The van der Waals surface area contributed by atoms with Crippen LogP contribution >= 0.6 is 0 Å². The Hall–Kier alpha value is -2.04. The van der Waals surface area contributed by atoms with Gasteiger partial charge >= 0.3 is 0 Å². The van der Waals surface area contributed by atoms with Crippen molar-refractivity contribution in [2.45, 2.75) is 13.3 Å². The summed E-state index contributed by atoms with van der Waals surface area (Å²) in [5.74, 6) is -1.18. The van der Waals surface area contributed by atoms with E-state index in [4.69, 9.17) is 0 Å². The summed E-state index contributed by atoms with van der Waals surface area (Å²) in [7, 11) is 0. The minimum Gasteiger partial charge on any atom is -0.293 e. The fraction of sp³-hybridized carbons (Fsp3) is 0.273. The fourth-order valence-electron chi connectivity index (χ4n) is 1.93. The quantitative estimate of drug-likeness (QED) is 0.433. The summed E-state index contributed by atoms with van der Waals surface area (Å²) in [5, 5.41) is 10.5. The van der Waals surface area contributed by atoms with Crippen LogP contribution in [0.1, 0.15) is 34.1 Å². The van der Waals surface area contributed by atoms with Crippen LogP contribution in [0.2, 0.25) is 0 Å². The van der Waals surface area contributed by atoms with Crippen LogP contribution in [0.3, 0.4) is 0 Å². The Morgan fingerprint density at radius 1 is 1.25 bits per heavy atom. The van der Waals surface area contributed by atoms with E-state index in [0.29, 0.717) is 12.0 Å². The molecule has 0 aromatic heterocycles. The van der Waals surface area contributed by atoms with Gasteiger partial charge in [-0.2, -0.15) is 0 Å². The number of non-ortho nitro benzene ring substituents is 1. The molecule has 0 fully saturated rings. The number of nitrogens with zero attached hydrogens (tertiary/aromatic N) is 1. The van der Waals surface area contributed by atoms with Crippen molar-refractivity contribution in [3.05, 3.63) is 39.4 Å². The Morgan fingerprint density at radius 3 is 2.44 bits per heavy atom. The molecule has 2 rings (SSSR count). The number of benzene rings is 1. The number of Topliss-reactive ketones (excluding diaryl/α,β-unsaturated/α-hetero) is 2. The van der Waals surface area contributed by atoms with Gasteiger partial charge in [0.15, 0.2) is 11.6 Å². The molecule has 0 heterocycles. The first kappa shape index (κ1) is 10.5. The van der Waals surface area contributed by atoms with Crippen molar-refractivity contribution < 1.29 is 14.5 Å². The van der Waals surface area contributed by atoms with Crippen LogP contribution in [0.5, 0.6) is 0 Å². The van der Waals surface area contributed by atoms with Gasteiger partial charge in [0.1, 0.15) is 0 Å². The predicted molar refractivity (Wildman–Crippen MR) is 55.5 cm³/mol. The maximum Gasteiger partial charge on any atom is 0.270 e. The molecule has 82 valence electrons. The molecule has 0 aliphatic heterocycles. The molecule has 5 nitrogen and oxygen atoms in total. The van der Waals surface area contributed by atoms with Crippen molar-refractivity contribution >= 4 is 17.3 Å². The van der Waals surface area contributed by atoms with Crippen LogP contribution in [0, 0.1) is 16.0 Å². The second-order valence-corrected chi connectivity index (χ2v) is 3.68. The molecule has 0 radical (unpaired) electrons.